The maximum Gasteiger partial charge on any atom is 0.414 e. The number of carbonyl (C=O) groups is 4. The van der Waals surface area contributed by atoms with Crippen molar-refractivity contribution in [3.8, 4) is 0 Å². The molecule has 1 aromatic rings. The number of fused-ring (bicyclic) bond motifs is 1. The quantitative estimate of drug-likeness (QED) is 0.632. The number of carbonyl (C=O) groups excluding carboxylic acids is 4. The summed E-state index contributed by atoms with van der Waals surface area (Å²) in [5, 5.41) is 2.65. The highest BCUT2D eigenvalue weighted by Gasteiger charge is 2.34. The van der Waals surface area contributed by atoms with Gasteiger partial charge >= 0.3 is 6.09 Å². The van der Waals surface area contributed by atoms with E-state index in [1.165, 1.54) is 11.8 Å². The van der Waals surface area contributed by atoms with E-state index in [1.807, 2.05) is 6.07 Å². The molecule has 0 aromatic heterocycles. The molecular formula is C20H24N2O5. The fraction of sp³-hybridized carbons (Fsp3) is 0.500. The van der Waals surface area contributed by atoms with E-state index in [0.29, 0.717) is 37.1 Å². The number of cyclic esters (lactones) is 1. The van der Waals surface area contributed by atoms with Gasteiger partial charge in [-0.25, -0.2) is 4.79 Å². The topological polar surface area (TPSA) is 92.8 Å². The Morgan fingerprint density at radius 2 is 2.07 bits per heavy atom. The largest absolute Gasteiger partial charge is 0.442 e. The number of Topliss-reactive ketones (excluding diaryl/α,β-unsaturated/α-hetero) is 2. The number of aryl methyl sites for hydroxylation is 1. The van der Waals surface area contributed by atoms with Gasteiger partial charge in [0.15, 0.2) is 5.78 Å². The van der Waals surface area contributed by atoms with E-state index in [-0.39, 0.29) is 24.0 Å². The summed E-state index contributed by atoms with van der Waals surface area (Å²) in [6.45, 7) is 3.79. The second-order valence-corrected chi connectivity index (χ2v) is 7.02. The minimum Gasteiger partial charge on any atom is -0.442 e. The maximum absolute atomic E-state index is 12.8. The average molecular weight is 372 g/mol. The zero-order chi connectivity index (χ0) is 19.6. The Kier molecular flexibility index (Phi) is 5.58. The van der Waals surface area contributed by atoms with Crippen molar-refractivity contribution in [3.63, 3.8) is 0 Å². The molecule has 1 fully saturated rings. The van der Waals surface area contributed by atoms with E-state index in [2.05, 4.69) is 5.32 Å². The number of hydrogen-bond donors (Lipinski definition) is 1. The monoisotopic (exact) mass is 372 g/mol. The van der Waals surface area contributed by atoms with Crippen LogP contribution in [0.1, 0.15) is 49.0 Å². The fourth-order valence-corrected chi connectivity index (χ4v) is 3.66. The molecule has 7 nitrogen and oxygen atoms in total. The van der Waals surface area contributed by atoms with Crippen molar-refractivity contribution < 1.29 is 23.9 Å². The normalized spacial score (nSPS) is 22.1. The molecule has 1 saturated heterocycles. The van der Waals surface area contributed by atoms with Gasteiger partial charge in [-0.1, -0.05) is 6.92 Å². The van der Waals surface area contributed by atoms with E-state index < -0.39 is 18.1 Å². The standard InChI is InChI=1S/C20H24N2O5/c1-3-18(24)17-6-4-5-13-9-14(7-8-16(13)19(17)25)22-11-15(27-20(22)26)10-21-12(2)23/h7-9,15,17H,3-6,10-11H2,1-2H3,(H,21,23)/t15-,17+/m0/s1. The molecule has 0 unspecified atom stereocenters. The molecular weight excluding hydrogens is 348 g/mol. The Balaban J connectivity index is 1.79. The van der Waals surface area contributed by atoms with Crippen LogP contribution in [0.4, 0.5) is 10.5 Å². The van der Waals surface area contributed by atoms with Crippen molar-refractivity contribution in [1.29, 1.82) is 0 Å². The summed E-state index contributed by atoms with van der Waals surface area (Å²) in [5.41, 5.74) is 2.10. The molecule has 1 N–H and O–H groups in total. The third-order valence-electron chi connectivity index (χ3n) is 5.11. The van der Waals surface area contributed by atoms with E-state index in [4.69, 9.17) is 4.74 Å². The molecule has 1 heterocycles. The smallest absolute Gasteiger partial charge is 0.414 e. The van der Waals surface area contributed by atoms with Crippen molar-refractivity contribution in [2.75, 3.05) is 18.0 Å². The molecule has 2 aliphatic rings. The lowest BCUT2D eigenvalue weighted by Gasteiger charge is -2.16. The van der Waals surface area contributed by atoms with Gasteiger partial charge in [-0.2, -0.15) is 0 Å². The van der Waals surface area contributed by atoms with Gasteiger partial charge in [-0.15, -0.1) is 0 Å². The SMILES string of the molecule is CCC(=O)[C@H]1CCCc2cc(N3C[C@H](CNC(C)=O)OC3=O)ccc2C1=O. The zero-order valence-corrected chi connectivity index (χ0v) is 15.6. The Bertz CT molecular complexity index is 789. The molecule has 0 saturated carbocycles. The van der Waals surface area contributed by atoms with Crippen LogP contribution >= 0.6 is 0 Å². The molecule has 0 bridgehead atoms. The Morgan fingerprint density at radius 3 is 2.78 bits per heavy atom. The minimum atomic E-state index is -0.555. The lowest BCUT2D eigenvalue weighted by Crippen LogP contribution is -2.33. The second-order valence-electron chi connectivity index (χ2n) is 7.02. The molecule has 1 aliphatic carbocycles. The maximum atomic E-state index is 12.8. The van der Waals surface area contributed by atoms with E-state index in [9.17, 15) is 19.2 Å². The lowest BCUT2D eigenvalue weighted by atomic mass is 9.90. The van der Waals surface area contributed by atoms with Crippen LogP contribution in [0.3, 0.4) is 0 Å². The van der Waals surface area contributed by atoms with Crippen LogP contribution in [0.15, 0.2) is 18.2 Å². The molecule has 3 rings (SSSR count). The van der Waals surface area contributed by atoms with E-state index in [1.54, 1.807) is 19.1 Å². The van der Waals surface area contributed by atoms with Crippen LogP contribution in [0, 0.1) is 5.92 Å². The molecule has 144 valence electrons. The predicted octanol–water partition coefficient (Wildman–Crippen LogP) is 2.26. The van der Waals surface area contributed by atoms with Crippen molar-refractivity contribution in [2.24, 2.45) is 5.92 Å². The zero-order valence-electron chi connectivity index (χ0n) is 15.6. The van der Waals surface area contributed by atoms with Gasteiger partial charge in [-0.3, -0.25) is 19.3 Å². The number of anilines is 1. The highest BCUT2D eigenvalue weighted by atomic mass is 16.6. The fourth-order valence-electron chi connectivity index (χ4n) is 3.66. The number of ketones is 2. The van der Waals surface area contributed by atoms with Crippen LogP contribution in [0.2, 0.25) is 0 Å². The molecule has 7 heteroatoms. The summed E-state index contributed by atoms with van der Waals surface area (Å²) in [6.07, 6.45) is 1.51. The van der Waals surface area contributed by atoms with Crippen molar-refractivity contribution >= 4 is 29.3 Å². The first-order valence-electron chi connectivity index (χ1n) is 9.33. The summed E-state index contributed by atoms with van der Waals surface area (Å²) in [7, 11) is 0. The number of hydrogen-bond acceptors (Lipinski definition) is 5. The minimum absolute atomic E-state index is 0.0131. The Labute approximate surface area is 158 Å². The highest BCUT2D eigenvalue weighted by molar-refractivity contribution is 6.11. The van der Waals surface area contributed by atoms with E-state index >= 15 is 0 Å². The Morgan fingerprint density at radius 1 is 1.30 bits per heavy atom. The van der Waals surface area contributed by atoms with Crippen molar-refractivity contribution in [1.82, 2.24) is 5.32 Å². The molecule has 2 amide bonds. The first-order valence-corrected chi connectivity index (χ1v) is 9.33. The van der Waals surface area contributed by atoms with Gasteiger partial charge in [0, 0.05) is 24.6 Å². The van der Waals surface area contributed by atoms with Gasteiger partial charge in [0.1, 0.15) is 11.9 Å². The lowest BCUT2D eigenvalue weighted by molar-refractivity contribution is -0.121. The highest BCUT2D eigenvalue weighted by Crippen LogP contribution is 2.30. The summed E-state index contributed by atoms with van der Waals surface area (Å²) >= 11 is 0. The molecule has 0 spiro atoms. The molecule has 1 aromatic carbocycles. The number of amides is 2. The summed E-state index contributed by atoms with van der Waals surface area (Å²) < 4.78 is 5.29. The van der Waals surface area contributed by atoms with Crippen LogP contribution in [-0.4, -0.2) is 42.8 Å². The van der Waals surface area contributed by atoms with Gasteiger partial charge in [0.2, 0.25) is 5.91 Å². The number of nitrogens with zero attached hydrogens (tertiary/aromatic N) is 1. The van der Waals surface area contributed by atoms with Crippen LogP contribution in [0.25, 0.3) is 0 Å². The average Bonchev–Trinajstić information content (AvgIpc) is 2.94. The number of benzene rings is 1. The van der Waals surface area contributed by atoms with Gasteiger partial charge < -0.3 is 10.1 Å². The van der Waals surface area contributed by atoms with Crippen LogP contribution < -0.4 is 10.2 Å². The van der Waals surface area contributed by atoms with E-state index in [0.717, 1.165) is 12.0 Å². The summed E-state index contributed by atoms with van der Waals surface area (Å²) in [4.78, 5) is 49.6. The first kappa shape index (κ1) is 19.1. The molecule has 0 radical (unpaired) electrons. The third kappa shape index (κ3) is 4.02. The van der Waals surface area contributed by atoms with Gasteiger partial charge in [0.05, 0.1) is 19.0 Å². The second kappa shape index (κ2) is 7.90. The molecule has 1 aliphatic heterocycles. The van der Waals surface area contributed by atoms with Crippen LogP contribution in [-0.2, 0) is 20.7 Å². The number of nitrogens with one attached hydrogen (secondary N) is 1. The van der Waals surface area contributed by atoms with Gasteiger partial charge in [-0.05, 0) is 43.0 Å². The summed E-state index contributed by atoms with van der Waals surface area (Å²) in [6, 6.07) is 5.27. The predicted molar refractivity (Wildman–Crippen MR) is 98.8 cm³/mol. The van der Waals surface area contributed by atoms with Crippen molar-refractivity contribution in [3.05, 3.63) is 29.3 Å². The number of rotatable bonds is 5. The first-order chi connectivity index (χ1) is 12.9. The summed E-state index contributed by atoms with van der Waals surface area (Å²) in [5.74, 6) is -0.862. The van der Waals surface area contributed by atoms with Gasteiger partial charge in [0.25, 0.3) is 0 Å². The number of ether oxygens (including phenoxy) is 1. The van der Waals surface area contributed by atoms with Crippen molar-refractivity contribution in [2.45, 2.75) is 45.6 Å². The molecule has 27 heavy (non-hydrogen) atoms. The molecule has 2 atom stereocenters. The Hall–Kier alpha value is -2.70. The van der Waals surface area contributed by atoms with Crippen LogP contribution in [0.5, 0.6) is 0 Å². The third-order valence-corrected chi connectivity index (χ3v) is 5.11.